The summed E-state index contributed by atoms with van der Waals surface area (Å²) in [7, 11) is 0. The Balaban J connectivity index is 1.83. The summed E-state index contributed by atoms with van der Waals surface area (Å²) < 4.78 is 10.5. The summed E-state index contributed by atoms with van der Waals surface area (Å²) in [4.78, 5) is 0. The van der Waals surface area contributed by atoms with E-state index in [1.54, 1.807) is 15.3 Å². The van der Waals surface area contributed by atoms with Gasteiger partial charge >= 0.3 is 269 Å². The standard InChI is InChI=1S/C21H25.C13H10.C7H9.2CH3.Zr/c1-20(2,3)16-7-9-18-14(12-16)11-15-13-17(21(4,5)6)8-10-19(15)18;1-3-7-12(8-4-1)11-13-9-5-2-6-10-13;1-6-4-3-5-7(6)2;;;/h7-10,12H,11H2,1-6H3;1-10H;4H,5H2,1-2H3;2*1H3;. The molecule has 0 aliphatic heterocycles. The van der Waals surface area contributed by atoms with Crippen molar-refractivity contribution in [1.29, 1.82) is 0 Å². The molecule has 0 radical (unpaired) electrons. The van der Waals surface area contributed by atoms with E-state index in [9.17, 15) is 0 Å². The van der Waals surface area contributed by atoms with Crippen molar-refractivity contribution in [1.82, 2.24) is 0 Å². The van der Waals surface area contributed by atoms with Crippen LogP contribution in [0, 0.1) is 0 Å². The molecule has 0 saturated heterocycles. The van der Waals surface area contributed by atoms with Crippen LogP contribution in [0.4, 0.5) is 0 Å². The van der Waals surface area contributed by atoms with E-state index in [1.165, 1.54) is 50.1 Å². The van der Waals surface area contributed by atoms with Gasteiger partial charge in [0.1, 0.15) is 0 Å². The molecule has 0 heterocycles. The van der Waals surface area contributed by atoms with Gasteiger partial charge in [-0.05, 0) is 0 Å². The van der Waals surface area contributed by atoms with Crippen molar-refractivity contribution in [2.24, 2.45) is 0 Å². The monoisotopic (exact) mass is 656 g/mol. The van der Waals surface area contributed by atoms with Crippen molar-refractivity contribution in [3.05, 3.63) is 145 Å². The van der Waals surface area contributed by atoms with Gasteiger partial charge in [-0.25, -0.2) is 0 Å². The van der Waals surface area contributed by atoms with E-state index in [2.05, 4.69) is 162 Å². The molecule has 44 heavy (non-hydrogen) atoms. The third-order valence-electron chi connectivity index (χ3n) is 10.9. The van der Waals surface area contributed by atoms with Crippen LogP contribution in [-0.2, 0) is 35.5 Å². The van der Waals surface area contributed by atoms with Crippen LogP contribution >= 0.6 is 0 Å². The third kappa shape index (κ3) is 4.95. The molecule has 4 aromatic rings. The van der Waals surface area contributed by atoms with Gasteiger partial charge in [0, 0.05) is 0 Å². The summed E-state index contributed by atoms with van der Waals surface area (Å²) in [5.41, 5.74) is 14.8. The van der Waals surface area contributed by atoms with Gasteiger partial charge in [0.25, 0.3) is 0 Å². The maximum atomic E-state index is 2.77. The summed E-state index contributed by atoms with van der Waals surface area (Å²) in [6.07, 6.45) is 4.69. The average Bonchev–Trinajstić information content (AvgIpc) is 3.52. The van der Waals surface area contributed by atoms with Crippen LogP contribution in [-0.4, -0.2) is 3.21 Å². The number of rotatable bonds is 4. The van der Waals surface area contributed by atoms with E-state index < -0.39 is 18.3 Å². The van der Waals surface area contributed by atoms with Crippen LogP contribution in [0.15, 0.2) is 111 Å². The van der Waals surface area contributed by atoms with Crippen molar-refractivity contribution in [3.63, 3.8) is 0 Å². The first-order chi connectivity index (χ1) is 20.6. The molecule has 6 rings (SSSR count). The molecule has 0 unspecified atom stereocenters. The predicted molar refractivity (Wildman–Crippen MR) is 191 cm³/mol. The minimum absolute atomic E-state index is 0.00593. The quantitative estimate of drug-likeness (QED) is 0.180. The van der Waals surface area contributed by atoms with Crippen LogP contribution in [0.5, 0.6) is 0 Å². The fourth-order valence-electron chi connectivity index (χ4n) is 8.26. The summed E-state index contributed by atoms with van der Waals surface area (Å²) >= 11 is -4.43. The normalized spacial score (nSPS) is 15.3. The molecule has 0 aromatic heterocycles. The molecule has 0 nitrogen and oxygen atoms in total. The van der Waals surface area contributed by atoms with E-state index in [-0.39, 0.29) is 10.8 Å². The topological polar surface area (TPSA) is 0 Å². The van der Waals surface area contributed by atoms with Crippen molar-refractivity contribution < 1.29 is 18.3 Å². The fraction of sp³-hybridized carbons (Fsp3) is 0.326. The first-order valence-corrected chi connectivity index (χ1v) is 25.1. The van der Waals surface area contributed by atoms with Crippen LogP contribution in [0.3, 0.4) is 0 Å². The molecule has 2 aliphatic carbocycles. The van der Waals surface area contributed by atoms with Crippen molar-refractivity contribution in [2.75, 3.05) is 0 Å². The number of hydrogen-bond donors (Lipinski definition) is 0. The number of fused-ring (bicyclic) bond motifs is 3. The molecule has 0 saturated carbocycles. The van der Waals surface area contributed by atoms with Gasteiger partial charge in [-0.15, -0.1) is 0 Å². The summed E-state index contributed by atoms with van der Waals surface area (Å²) in [6, 6.07) is 35.0. The molecule has 0 N–H and O–H groups in total. The first-order valence-electron chi connectivity index (χ1n) is 16.5. The molecular formula is C43H50Zr. The average molecular weight is 658 g/mol. The fourth-order valence-corrected chi connectivity index (χ4v) is 25.0. The Bertz CT molecular complexity index is 1870. The van der Waals surface area contributed by atoms with Gasteiger partial charge in [0.05, 0.1) is 0 Å². The van der Waals surface area contributed by atoms with E-state index in [1.807, 2.05) is 0 Å². The first kappa shape index (κ1) is 31.1. The number of allylic oxidation sites excluding steroid dienone is 4. The van der Waals surface area contributed by atoms with Gasteiger partial charge in [-0.2, -0.15) is 0 Å². The molecule has 0 amide bonds. The van der Waals surface area contributed by atoms with Gasteiger partial charge in [-0.3, -0.25) is 0 Å². The zero-order valence-corrected chi connectivity index (χ0v) is 31.1. The number of hydrogen-bond acceptors (Lipinski definition) is 0. The van der Waals surface area contributed by atoms with Crippen LogP contribution in [0.2, 0.25) is 9.26 Å². The SMILES string of the molecule is CC1=C(C)C[C]([Zr]([CH3])([CH3])(=[C](c2ccccc2)c2ccccc2)[c]2c(C(C)(C)C)ccc3c2Cc2cc(C(C)(C)C)ccc2-3)=C1. The van der Waals surface area contributed by atoms with Crippen LogP contribution in [0.25, 0.3) is 11.1 Å². The maximum absolute atomic E-state index is 4.43. The zero-order chi connectivity index (χ0) is 31.7. The Hall–Kier alpha value is -2.89. The predicted octanol–water partition coefficient (Wildman–Crippen LogP) is 11.2. The molecule has 0 fully saturated rings. The molecule has 4 aromatic carbocycles. The van der Waals surface area contributed by atoms with Crippen molar-refractivity contribution in [2.45, 2.75) is 88.3 Å². The molecule has 2 aliphatic rings. The van der Waals surface area contributed by atoms with E-state index in [0.29, 0.717) is 0 Å². The van der Waals surface area contributed by atoms with E-state index >= 15 is 0 Å². The molecule has 0 bridgehead atoms. The van der Waals surface area contributed by atoms with Gasteiger partial charge < -0.3 is 0 Å². The van der Waals surface area contributed by atoms with E-state index in [4.69, 9.17) is 0 Å². The molecule has 0 atom stereocenters. The van der Waals surface area contributed by atoms with Gasteiger partial charge in [-0.1, -0.05) is 0 Å². The molecule has 0 spiro atoms. The second-order valence-electron chi connectivity index (χ2n) is 16.4. The Morgan fingerprint density at radius 1 is 0.636 bits per heavy atom. The Morgan fingerprint density at radius 2 is 1.20 bits per heavy atom. The van der Waals surface area contributed by atoms with Gasteiger partial charge in [0.2, 0.25) is 0 Å². The second-order valence-corrected chi connectivity index (χ2v) is 32.1. The zero-order valence-electron chi connectivity index (χ0n) is 28.7. The minimum atomic E-state index is -4.43. The van der Waals surface area contributed by atoms with Crippen LogP contribution < -0.4 is 3.27 Å². The van der Waals surface area contributed by atoms with Crippen molar-refractivity contribution in [3.8, 4) is 11.1 Å². The second kappa shape index (κ2) is 10.6. The Morgan fingerprint density at radius 3 is 1.70 bits per heavy atom. The van der Waals surface area contributed by atoms with Crippen molar-refractivity contribution >= 4 is 6.48 Å². The van der Waals surface area contributed by atoms with Crippen LogP contribution in [0.1, 0.15) is 95.2 Å². The third-order valence-corrected chi connectivity index (χ3v) is 26.6. The van der Waals surface area contributed by atoms with E-state index in [0.717, 1.165) is 12.8 Å². The summed E-state index contributed by atoms with van der Waals surface area (Å²) in [5.74, 6) is 0. The summed E-state index contributed by atoms with van der Waals surface area (Å²) in [6.45, 7) is 19.0. The number of benzene rings is 4. The Labute approximate surface area is 267 Å². The molecule has 226 valence electrons. The summed E-state index contributed by atoms with van der Waals surface area (Å²) in [5, 5.41) is 0. The molecule has 1 heteroatoms. The van der Waals surface area contributed by atoms with Gasteiger partial charge in [0.15, 0.2) is 0 Å². The molecular weight excluding hydrogens is 608 g/mol. The Kier molecular flexibility index (Phi) is 7.49.